The van der Waals surface area contributed by atoms with E-state index in [2.05, 4.69) is 38.7 Å². The summed E-state index contributed by atoms with van der Waals surface area (Å²) < 4.78 is 45.8. The summed E-state index contributed by atoms with van der Waals surface area (Å²) in [5, 5.41) is 53.9. The van der Waals surface area contributed by atoms with Gasteiger partial charge in [0.25, 0.3) is 5.56 Å². The number of aromatic nitrogens is 6. The van der Waals surface area contributed by atoms with Crippen LogP contribution in [-0.2, 0) is 32.0 Å². The Morgan fingerprint density at radius 1 is 0.984 bits per heavy atom. The van der Waals surface area contributed by atoms with Crippen LogP contribution in [0.15, 0.2) is 39.4 Å². The van der Waals surface area contributed by atoms with Gasteiger partial charge in [-0.3, -0.25) is 43.1 Å². The molecule has 0 aliphatic carbocycles. The van der Waals surface area contributed by atoms with E-state index in [-0.39, 0.29) is 65.2 Å². The van der Waals surface area contributed by atoms with Crippen molar-refractivity contribution in [1.82, 2.24) is 29.5 Å². The monoisotopic (exact) mass is 914 g/mol. The minimum Gasteiger partial charge on any atom is -0.388 e. The Labute approximate surface area is 348 Å². The van der Waals surface area contributed by atoms with Crippen LogP contribution in [0.1, 0.15) is 30.2 Å². The number of ether oxygens (including phenoxy) is 1. The lowest BCUT2D eigenvalue weighted by Crippen LogP contribution is -2.48. The minimum atomic E-state index is -5.61. The van der Waals surface area contributed by atoms with Gasteiger partial charge >= 0.3 is 21.3 Å². The number of aliphatic hydroxyl groups is 5. The van der Waals surface area contributed by atoms with Crippen molar-refractivity contribution in [1.29, 1.82) is 0 Å². The molecule has 30 heteroatoms. The molecule has 9 atom stereocenters. The van der Waals surface area contributed by atoms with Crippen LogP contribution in [0.4, 0.5) is 28.7 Å². The van der Waals surface area contributed by atoms with Crippen molar-refractivity contribution in [3.8, 4) is 0 Å². The number of nitrogens with two attached hydrogens (primary N) is 3. The molecule has 338 valence electrons. The molecule has 62 heavy (non-hydrogen) atoms. The molecule has 15 N–H and O–H groups in total. The Morgan fingerprint density at radius 3 is 2.35 bits per heavy atom. The lowest BCUT2D eigenvalue weighted by Gasteiger charge is -2.39. The largest absolute Gasteiger partial charge is 0.481 e. The van der Waals surface area contributed by atoms with Gasteiger partial charge < -0.3 is 62.2 Å². The first-order valence-corrected chi connectivity index (χ1v) is 21.4. The number of hydrogen-bond acceptors (Lipinski definition) is 20. The number of imidazole rings is 1. The molecule has 1 amide bonds. The van der Waals surface area contributed by atoms with Gasteiger partial charge in [0.05, 0.1) is 37.5 Å². The van der Waals surface area contributed by atoms with Gasteiger partial charge in [-0.2, -0.15) is 4.31 Å². The highest BCUT2D eigenvalue weighted by atomic mass is 31.3. The lowest BCUT2D eigenvalue weighted by atomic mass is 10.0. The summed E-state index contributed by atoms with van der Waals surface area (Å²) in [5.41, 5.74) is 16.2. The molecule has 2 unspecified atom stereocenters. The molecule has 6 rings (SSSR count). The van der Waals surface area contributed by atoms with Crippen LogP contribution in [0.2, 0.25) is 0 Å². The van der Waals surface area contributed by atoms with Gasteiger partial charge in [0.2, 0.25) is 5.91 Å². The van der Waals surface area contributed by atoms with Gasteiger partial charge in [0.15, 0.2) is 29.3 Å². The van der Waals surface area contributed by atoms with Gasteiger partial charge in [-0.1, -0.05) is 0 Å². The van der Waals surface area contributed by atoms with Crippen LogP contribution in [0.3, 0.4) is 0 Å². The number of aliphatic hydroxyl groups excluding tert-OH is 5. The molecule has 5 heterocycles. The van der Waals surface area contributed by atoms with Gasteiger partial charge in [0.1, 0.15) is 54.3 Å². The average molecular weight is 915 g/mol. The van der Waals surface area contributed by atoms with Crippen molar-refractivity contribution in [3.05, 3.63) is 56.8 Å². The highest BCUT2D eigenvalue weighted by Gasteiger charge is 2.47. The highest BCUT2D eigenvalue weighted by Crippen LogP contribution is 2.60. The maximum atomic E-state index is 13.7. The number of phosphoric ester groups is 2. The van der Waals surface area contributed by atoms with E-state index >= 15 is 0 Å². The Balaban J connectivity index is 1.10. The first kappa shape index (κ1) is 46.3. The quantitative estimate of drug-likeness (QED) is 0.0221. The molecule has 1 saturated heterocycles. The van der Waals surface area contributed by atoms with E-state index in [1.165, 1.54) is 15.8 Å². The summed E-state index contributed by atoms with van der Waals surface area (Å²) in [6, 6.07) is 3.18. The van der Waals surface area contributed by atoms with Crippen molar-refractivity contribution in [2.75, 3.05) is 41.8 Å². The van der Waals surface area contributed by atoms with E-state index in [4.69, 9.17) is 26.5 Å². The molecule has 2 aliphatic heterocycles. The van der Waals surface area contributed by atoms with Crippen LogP contribution < -0.4 is 38.2 Å². The third-order valence-electron chi connectivity index (χ3n) is 9.78. The number of aliphatic imine (C=N–C) groups is 1. The Morgan fingerprint density at radius 2 is 1.66 bits per heavy atom. The molecule has 4 aromatic rings. The van der Waals surface area contributed by atoms with Crippen molar-refractivity contribution in [2.24, 2.45) is 16.5 Å². The van der Waals surface area contributed by atoms with Crippen molar-refractivity contribution < 1.29 is 67.3 Å². The molecule has 0 bridgehead atoms. The third-order valence-corrected chi connectivity index (χ3v) is 12.4. The highest BCUT2D eigenvalue weighted by molar-refractivity contribution is 7.61. The van der Waals surface area contributed by atoms with Crippen molar-refractivity contribution >= 4 is 67.4 Å². The van der Waals surface area contributed by atoms with Crippen molar-refractivity contribution in [2.45, 2.75) is 69.5 Å². The zero-order valence-corrected chi connectivity index (χ0v) is 34.4. The zero-order valence-electron chi connectivity index (χ0n) is 32.7. The van der Waals surface area contributed by atoms with Crippen LogP contribution in [0.5, 0.6) is 0 Å². The molecule has 3 aromatic heterocycles. The number of carbonyl (C=O) groups excluding carboxylic acids is 1. The molecular formula is C32H44N12O16P2. The number of rotatable bonds is 17. The zero-order chi connectivity index (χ0) is 45.4. The number of phosphoric acid groups is 2. The number of anilines is 5. The van der Waals surface area contributed by atoms with E-state index < -0.39 is 95.4 Å². The Bertz CT molecular complexity index is 2570. The second-order valence-corrected chi connectivity index (χ2v) is 17.2. The number of fused-ring (bicyclic) bond motifs is 3. The maximum absolute atomic E-state index is 13.7. The molecule has 0 saturated carbocycles. The number of guanidine groups is 1. The second kappa shape index (κ2) is 18.3. The van der Waals surface area contributed by atoms with Gasteiger partial charge in [-0.25, -0.2) is 28.9 Å². The molecular weight excluding hydrogens is 870 g/mol. The molecule has 28 nitrogen and oxygen atoms in total. The fraction of sp³-hybridized carbons (Fsp3) is 0.469. The first-order valence-electron chi connectivity index (χ1n) is 18.4. The standard InChI is InChI=1S/C32H44N12O16P2/c1-13-6-15-16(7-14(13)2)44(20(47)4-3-5-36-31(34)35)22-28(40-32(52)41-29(22)51)42(15)8-17(45)23(48)18(46)9-57-61(53,54)60-62(55,56)58-10-19-24(49)25(50)30(59-19)43-12-39-21-26(33)37-11-38-27(21)43/h6-7,11-12,17-19,23-25,30,45-46,48-50H,3-5,8-10H2,1-2H3,(H,53,54)(H,55,56)(H2,33,37,38)(H4,34,35,36)(H2,40,41,51,52)/t17-,18+,19+,23-,24+,25+,30+/m0/s1. The minimum absolute atomic E-state index is 0.0167. The van der Waals surface area contributed by atoms with Gasteiger partial charge in [-0.15, -0.1) is 0 Å². The molecule has 0 radical (unpaired) electrons. The predicted octanol–water partition coefficient (Wildman–Crippen LogP) is -2.78. The number of hydrogen-bond donors (Lipinski definition) is 12. The van der Waals surface area contributed by atoms with E-state index in [9.17, 15) is 58.8 Å². The average Bonchev–Trinajstić information content (AvgIpc) is 3.75. The maximum Gasteiger partial charge on any atom is 0.481 e. The number of H-pyrrole nitrogens is 2. The SMILES string of the molecule is Cc1cc2c(cc1C)N(C(=O)CCCN=C(N)N)c1c([nH]c(=O)[nH]c1=O)N2C[C@H](O)[C@H](O)[C@H](O)COP(=O)(O)OP(=O)(O)OC[C@H]1O[C@@H](n2cnc3c(N)ncnc32)[C@H](O)[C@@H]1O. The summed E-state index contributed by atoms with van der Waals surface area (Å²) in [4.78, 5) is 82.4. The van der Waals surface area contributed by atoms with Crippen molar-refractivity contribution in [3.63, 3.8) is 0 Å². The Kier molecular flexibility index (Phi) is 13.6. The molecule has 2 aliphatic rings. The topological polar surface area (TPSA) is 436 Å². The normalized spacial score (nSPS) is 22.0. The van der Waals surface area contributed by atoms with Gasteiger partial charge in [-0.05, 0) is 43.5 Å². The van der Waals surface area contributed by atoms with E-state index in [1.807, 2.05) is 0 Å². The number of β-amino-alcohol motifs (C(OH)–C–C–N with tert-alkyl or cyclic N) is 1. The van der Waals surface area contributed by atoms with E-state index in [0.717, 1.165) is 11.2 Å². The summed E-state index contributed by atoms with van der Waals surface area (Å²) in [6.45, 7) is 0.611. The lowest BCUT2D eigenvalue weighted by molar-refractivity contribution is -0.118. The fourth-order valence-electron chi connectivity index (χ4n) is 6.61. The number of aromatic amines is 2. The van der Waals surface area contributed by atoms with E-state index in [1.54, 1.807) is 26.0 Å². The molecule has 1 aromatic carbocycles. The number of nitrogens with one attached hydrogen (secondary N) is 2. The fourth-order valence-corrected chi connectivity index (χ4v) is 8.71. The van der Waals surface area contributed by atoms with Gasteiger partial charge in [0, 0.05) is 13.0 Å². The summed E-state index contributed by atoms with van der Waals surface area (Å²) in [6.07, 6.45) is -10.3. The summed E-state index contributed by atoms with van der Waals surface area (Å²) in [7, 11) is -11.1. The number of nitrogens with zero attached hydrogens (tertiary/aromatic N) is 7. The summed E-state index contributed by atoms with van der Waals surface area (Å²) >= 11 is 0. The third kappa shape index (κ3) is 9.87. The number of carbonyl (C=O) groups is 1. The second-order valence-electron chi connectivity index (χ2n) is 14.1. The summed E-state index contributed by atoms with van der Waals surface area (Å²) in [5.74, 6) is -1.03. The smallest absolute Gasteiger partial charge is 0.388 e. The van der Waals surface area contributed by atoms with E-state index in [0.29, 0.717) is 11.1 Å². The van der Waals surface area contributed by atoms with Crippen LogP contribution >= 0.6 is 15.6 Å². The van der Waals surface area contributed by atoms with Crippen LogP contribution in [0, 0.1) is 13.8 Å². The number of amides is 1. The molecule has 0 spiro atoms. The van der Waals surface area contributed by atoms with Crippen LogP contribution in [-0.4, -0.2) is 140 Å². The van der Waals surface area contributed by atoms with Crippen LogP contribution in [0.25, 0.3) is 11.2 Å². The Hall–Kier alpha value is -5.19. The first-order chi connectivity index (χ1) is 29.1. The number of nitrogen functional groups attached to an aromatic ring is 1. The predicted molar refractivity (Wildman–Crippen MR) is 214 cm³/mol. The number of benzene rings is 1. The number of aryl methyl sites for hydroxylation is 2. The molecule has 1 fully saturated rings.